The molecule has 5 nitrogen and oxygen atoms in total. The molecule has 3 aromatic rings. The molecule has 0 fully saturated rings. The average molecular weight is 310 g/mol. The molecule has 2 N–H and O–H groups in total. The number of aryl methyl sites for hydroxylation is 2. The van der Waals surface area contributed by atoms with Gasteiger partial charge in [0.25, 0.3) is 0 Å². The van der Waals surface area contributed by atoms with Gasteiger partial charge >= 0.3 is 5.76 Å². The van der Waals surface area contributed by atoms with Crippen molar-refractivity contribution >= 4 is 22.7 Å². The third-order valence-corrected chi connectivity index (χ3v) is 3.69. The van der Waals surface area contributed by atoms with E-state index in [1.54, 1.807) is 18.2 Å². The highest BCUT2D eigenvalue weighted by atomic mass is 16.4. The molecule has 2 aromatic carbocycles. The number of rotatable bonds is 5. The molecule has 5 heteroatoms. The first-order valence-corrected chi connectivity index (χ1v) is 7.58. The highest BCUT2D eigenvalue weighted by molar-refractivity contribution is 5.92. The molecule has 3 rings (SSSR count). The summed E-state index contributed by atoms with van der Waals surface area (Å²) < 4.78 is 4.93. The summed E-state index contributed by atoms with van der Waals surface area (Å²) in [5.74, 6) is -0.538. The molecule has 23 heavy (non-hydrogen) atoms. The van der Waals surface area contributed by atoms with Crippen LogP contribution in [0.5, 0.6) is 0 Å². The van der Waals surface area contributed by atoms with E-state index < -0.39 is 5.76 Å². The number of aromatic nitrogens is 1. The Kier molecular flexibility index (Phi) is 4.28. The first-order valence-electron chi connectivity index (χ1n) is 7.58. The van der Waals surface area contributed by atoms with E-state index in [4.69, 9.17) is 4.42 Å². The number of carbonyl (C=O) groups excluding carboxylic acids is 1. The minimum absolute atomic E-state index is 0.0395. The van der Waals surface area contributed by atoms with Gasteiger partial charge in [0.05, 0.1) is 5.52 Å². The first kappa shape index (κ1) is 15.1. The smallest absolute Gasteiger partial charge is 0.408 e. The Morgan fingerprint density at radius 3 is 2.74 bits per heavy atom. The van der Waals surface area contributed by atoms with Crippen LogP contribution in [0, 0.1) is 6.92 Å². The lowest BCUT2D eigenvalue weighted by Gasteiger charge is -2.05. The maximum atomic E-state index is 12.0. The third kappa shape index (κ3) is 3.88. The number of hydrogen-bond donors (Lipinski definition) is 2. The Morgan fingerprint density at radius 2 is 1.96 bits per heavy atom. The maximum Gasteiger partial charge on any atom is 0.417 e. The predicted octanol–water partition coefficient (Wildman–Crippen LogP) is 3.39. The van der Waals surface area contributed by atoms with Crippen molar-refractivity contribution in [2.24, 2.45) is 0 Å². The van der Waals surface area contributed by atoms with Gasteiger partial charge in [0.1, 0.15) is 0 Å². The van der Waals surface area contributed by atoms with Gasteiger partial charge in [-0.3, -0.25) is 9.78 Å². The van der Waals surface area contributed by atoms with Crippen LogP contribution in [0.1, 0.15) is 24.0 Å². The minimum Gasteiger partial charge on any atom is -0.408 e. The van der Waals surface area contributed by atoms with Crippen molar-refractivity contribution in [3.63, 3.8) is 0 Å². The van der Waals surface area contributed by atoms with Crippen molar-refractivity contribution in [2.75, 3.05) is 5.32 Å². The van der Waals surface area contributed by atoms with E-state index in [-0.39, 0.29) is 5.91 Å². The summed E-state index contributed by atoms with van der Waals surface area (Å²) >= 11 is 0. The van der Waals surface area contributed by atoms with Gasteiger partial charge in [-0.25, -0.2) is 4.79 Å². The third-order valence-electron chi connectivity index (χ3n) is 3.69. The molecule has 0 saturated heterocycles. The number of fused-ring (bicyclic) bond motifs is 1. The molecule has 1 heterocycles. The van der Waals surface area contributed by atoms with E-state index in [1.807, 2.05) is 0 Å². The highest BCUT2D eigenvalue weighted by Crippen LogP contribution is 2.16. The summed E-state index contributed by atoms with van der Waals surface area (Å²) in [6, 6.07) is 13.4. The van der Waals surface area contributed by atoms with Crippen molar-refractivity contribution < 1.29 is 9.21 Å². The van der Waals surface area contributed by atoms with Gasteiger partial charge in [-0.1, -0.05) is 29.8 Å². The Bertz CT molecular complexity index is 875. The number of oxazole rings is 1. The number of H-pyrrole nitrogens is 1. The lowest BCUT2D eigenvalue weighted by atomic mass is 10.1. The first-order chi connectivity index (χ1) is 11.1. The summed E-state index contributed by atoms with van der Waals surface area (Å²) in [4.78, 5) is 25.7. The van der Waals surface area contributed by atoms with Gasteiger partial charge in [0, 0.05) is 12.1 Å². The fourth-order valence-electron chi connectivity index (χ4n) is 2.46. The summed E-state index contributed by atoms with van der Waals surface area (Å²) in [5, 5.41) is 2.84. The van der Waals surface area contributed by atoms with E-state index >= 15 is 0 Å². The maximum absolute atomic E-state index is 12.0. The molecule has 0 bridgehead atoms. The molecule has 1 aromatic heterocycles. The Balaban J connectivity index is 1.53. The topological polar surface area (TPSA) is 75.1 Å². The van der Waals surface area contributed by atoms with E-state index in [0.29, 0.717) is 23.2 Å². The molecule has 0 radical (unpaired) electrons. The van der Waals surface area contributed by atoms with Crippen LogP contribution in [0.2, 0.25) is 0 Å². The van der Waals surface area contributed by atoms with Gasteiger partial charge in [-0.15, -0.1) is 0 Å². The minimum atomic E-state index is -0.499. The molecular weight excluding hydrogens is 292 g/mol. The van der Waals surface area contributed by atoms with Crippen molar-refractivity contribution in [1.82, 2.24) is 4.98 Å². The predicted molar refractivity (Wildman–Crippen MR) is 89.6 cm³/mol. The second-order valence-electron chi connectivity index (χ2n) is 5.61. The molecule has 0 aliphatic heterocycles. The van der Waals surface area contributed by atoms with Crippen molar-refractivity contribution in [2.45, 2.75) is 26.2 Å². The Labute approximate surface area is 133 Å². The molecule has 1 amide bonds. The second kappa shape index (κ2) is 6.52. The zero-order valence-corrected chi connectivity index (χ0v) is 12.9. The molecule has 0 spiro atoms. The van der Waals surface area contributed by atoms with Gasteiger partial charge in [-0.05, 0) is 43.5 Å². The SMILES string of the molecule is Cc1ccc(CCCC(=O)Nc2ccc3oc(=O)[nH]c3c2)cc1. The average Bonchev–Trinajstić information content (AvgIpc) is 2.88. The van der Waals surface area contributed by atoms with Gasteiger partial charge in [0.15, 0.2) is 5.58 Å². The van der Waals surface area contributed by atoms with Crippen molar-refractivity contribution in [1.29, 1.82) is 0 Å². The molecule has 118 valence electrons. The monoisotopic (exact) mass is 310 g/mol. The lowest BCUT2D eigenvalue weighted by Crippen LogP contribution is -2.11. The molecule has 0 unspecified atom stereocenters. The largest absolute Gasteiger partial charge is 0.417 e. The number of benzene rings is 2. The quantitative estimate of drug-likeness (QED) is 0.758. The van der Waals surface area contributed by atoms with Crippen LogP contribution in [-0.4, -0.2) is 10.9 Å². The summed E-state index contributed by atoms with van der Waals surface area (Å²) in [6.45, 7) is 2.06. The summed E-state index contributed by atoms with van der Waals surface area (Å²) in [6.07, 6.45) is 2.12. The van der Waals surface area contributed by atoms with Gasteiger partial charge < -0.3 is 9.73 Å². The molecular formula is C18H18N2O3. The summed E-state index contributed by atoms with van der Waals surface area (Å²) in [7, 11) is 0. The Morgan fingerprint density at radius 1 is 1.17 bits per heavy atom. The number of hydrogen-bond acceptors (Lipinski definition) is 3. The van der Waals surface area contributed by atoms with Crippen LogP contribution < -0.4 is 11.1 Å². The van der Waals surface area contributed by atoms with E-state index in [2.05, 4.69) is 41.5 Å². The van der Waals surface area contributed by atoms with Crippen LogP contribution in [0.15, 0.2) is 51.7 Å². The zero-order valence-electron chi connectivity index (χ0n) is 12.9. The number of nitrogens with one attached hydrogen (secondary N) is 2. The molecule has 0 saturated carbocycles. The molecule has 0 aliphatic carbocycles. The van der Waals surface area contributed by atoms with E-state index in [1.165, 1.54) is 11.1 Å². The van der Waals surface area contributed by atoms with Gasteiger partial charge in [-0.2, -0.15) is 0 Å². The molecule has 0 aliphatic rings. The second-order valence-corrected chi connectivity index (χ2v) is 5.61. The van der Waals surface area contributed by atoms with Crippen LogP contribution >= 0.6 is 0 Å². The van der Waals surface area contributed by atoms with Crippen molar-refractivity contribution in [3.05, 3.63) is 64.1 Å². The number of carbonyl (C=O) groups is 1. The Hall–Kier alpha value is -2.82. The number of anilines is 1. The van der Waals surface area contributed by atoms with Crippen LogP contribution in [0.4, 0.5) is 5.69 Å². The fourth-order valence-corrected chi connectivity index (χ4v) is 2.46. The van der Waals surface area contributed by atoms with E-state index in [9.17, 15) is 9.59 Å². The lowest BCUT2D eigenvalue weighted by molar-refractivity contribution is -0.116. The van der Waals surface area contributed by atoms with Crippen LogP contribution in [0.25, 0.3) is 11.1 Å². The van der Waals surface area contributed by atoms with Crippen LogP contribution in [-0.2, 0) is 11.2 Å². The van der Waals surface area contributed by atoms with Crippen LogP contribution in [0.3, 0.4) is 0 Å². The number of amides is 1. The summed E-state index contributed by atoms with van der Waals surface area (Å²) in [5.41, 5.74) is 4.18. The fraction of sp³-hybridized carbons (Fsp3) is 0.222. The normalized spacial score (nSPS) is 10.8. The number of aromatic amines is 1. The highest BCUT2D eigenvalue weighted by Gasteiger charge is 2.06. The molecule has 0 atom stereocenters. The van der Waals surface area contributed by atoms with Gasteiger partial charge in [0.2, 0.25) is 5.91 Å². The zero-order chi connectivity index (χ0) is 16.2. The van der Waals surface area contributed by atoms with E-state index in [0.717, 1.165) is 12.8 Å². The standard InChI is InChI=1S/C18H18N2O3/c1-12-5-7-13(8-6-12)3-2-4-17(21)19-14-9-10-16-15(11-14)20-18(22)23-16/h5-11H,2-4H2,1H3,(H,19,21)(H,20,22). The van der Waals surface area contributed by atoms with Crippen molar-refractivity contribution in [3.8, 4) is 0 Å².